The van der Waals surface area contributed by atoms with Crippen LogP contribution >= 0.6 is 11.8 Å². The number of ether oxygens (including phenoxy) is 1. The molecule has 3 rings (SSSR count). The number of hydrogen-bond acceptors (Lipinski definition) is 5. The molecule has 1 radical (unpaired) electrons. The maximum absolute atomic E-state index is 10.6. The first-order chi connectivity index (χ1) is 13.1. The SMILES string of the molecule is Cc1oc(C2CCCCC2)nc1CCOc1cccc(CSCC(=O)O)c1.[Na]. The zero-order valence-corrected chi connectivity index (χ0v) is 19.6. The standard InChI is InChI=1S/C21H27NO4S.Na/c1-15-19(22-21(26-15)17-7-3-2-4-8-17)10-11-25-18-9-5-6-16(12-18)13-27-14-20(23)24;/h5-6,9,12,17H,2-4,7-8,10-11,13-14H2,1H3,(H,23,24);. The summed E-state index contributed by atoms with van der Waals surface area (Å²) >= 11 is 1.38. The maximum atomic E-state index is 10.6. The first-order valence-corrected chi connectivity index (χ1v) is 10.7. The summed E-state index contributed by atoms with van der Waals surface area (Å²) in [5.74, 6) is 3.07. The van der Waals surface area contributed by atoms with Crippen LogP contribution in [0.15, 0.2) is 28.7 Å². The van der Waals surface area contributed by atoms with E-state index < -0.39 is 5.97 Å². The van der Waals surface area contributed by atoms with Crippen LogP contribution in [0, 0.1) is 6.92 Å². The Morgan fingerprint density at radius 2 is 2.11 bits per heavy atom. The molecule has 1 heterocycles. The van der Waals surface area contributed by atoms with E-state index in [1.165, 1.54) is 43.9 Å². The fraction of sp³-hybridized carbons (Fsp3) is 0.524. The summed E-state index contributed by atoms with van der Waals surface area (Å²) in [4.78, 5) is 15.3. The molecule has 5 nitrogen and oxygen atoms in total. The normalized spacial score (nSPS) is 14.5. The van der Waals surface area contributed by atoms with Crippen LogP contribution in [0.3, 0.4) is 0 Å². The number of carboxylic acids is 1. The van der Waals surface area contributed by atoms with Gasteiger partial charge in [-0.15, -0.1) is 11.8 Å². The molecule has 1 aromatic heterocycles. The Balaban J connectivity index is 0.00000280. The van der Waals surface area contributed by atoms with Gasteiger partial charge in [-0.25, -0.2) is 4.98 Å². The topological polar surface area (TPSA) is 72.6 Å². The summed E-state index contributed by atoms with van der Waals surface area (Å²) in [5, 5.41) is 8.72. The maximum Gasteiger partial charge on any atom is 0.313 e. The number of carboxylic acid groups (broad SMARTS) is 1. The van der Waals surface area contributed by atoms with Gasteiger partial charge in [0.15, 0.2) is 5.89 Å². The van der Waals surface area contributed by atoms with E-state index >= 15 is 0 Å². The molecular weight excluding hydrogens is 385 g/mol. The predicted octanol–water partition coefficient (Wildman–Crippen LogP) is 4.59. The molecule has 1 saturated carbocycles. The summed E-state index contributed by atoms with van der Waals surface area (Å²) in [7, 11) is 0. The molecular formula is C21H27NNaO4S. The van der Waals surface area contributed by atoms with Crippen molar-refractivity contribution in [2.24, 2.45) is 0 Å². The third-order valence-electron chi connectivity index (χ3n) is 4.86. The molecule has 0 saturated heterocycles. The molecule has 0 unspecified atom stereocenters. The van der Waals surface area contributed by atoms with Crippen LogP contribution in [0.1, 0.15) is 60.9 Å². The zero-order valence-electron chi connectivity index (χ0n) is 16.8. The van der Waals surface area contributed by atoms with Gasteiger partial charge in [-0.2, -0.15) is 0 Å². The number of nitrogens with zero attached hydrogens (tertiary/aromatic N) is 1. The quantitative estimate of drug-likeness (QED) is 0.608. The van der Waals surface area contributed by atoms with Crippen molar-refractivity contribution >= 4 is 47.3 Å². The van der Waals surface area contributed by atoms with E-state index in [4.69, 9.17) is 19.2 Å². The number of oxazole rings is 1. The Labute approximate surface area is 192 Å². The van der Waals surface area contributed by atoms with Gasteiger partial charge in [0.05, 0.1) is 18.1 Å². The van der Waals surface area contributed by atoms with Crippen LogP contribution < -0.4 is 4.74 Å². The van der Waals surface area contributed by atoms with E-state index in [0.717, 1.165) is 35.1 Å². The number of hydrogen-bond donors (Lipinski definition) is 1. The van der Waals surface area contributed by atoms with E-state index in [1.807, 2.05) is 31.2 Å². The summed E-state index contributed by atoms with van der Waals surface area (Å²) in [6.45, 7) is 2.53. The Bertz CT molecular complexity index is 759. The average Bonchev–Trinajstić information content (AvgIpc) is 3.03. The second-order valence-electron chi connectivity index (χ2n) is 7.02. The summed E-state index contributed by atoms with van der Waals surface area (Å²) < 4.78 is 11.8. The second kappa shape index (κ2) is 11.9. The number of thioether (sulfide) groups is 1. The van der Waals surface area contributed by atoms with Gasteiger partial charge in [0.1, 0.15) is 11.5 Å². The fourth-order valence-corrected chi connectivity index (χ4v) is 4.15. The number of aromatic nitrogens is 1. The Morgan fingerprint density at radius 1 is 1.32 bits per heavy atom. The second-order valence-corrected chi connectivity index (χ2v) is 8.01. The molecule has 0 bridgehead atoms. The van der Waals surface area contributed by atoms with E-state index in [2.05, 4.69) is 0 Å². The smallest absolute Gasteiger partial charge is 0.313 e. The Morgan fingerprint density at radius 3 is 2.86 bits per heavy atom. The molecule has 1 aliphatic carbocycles. The van der Waals surface area contributed by atoms with Crippen molar-refractivity contribution in [2.45, 2.75) is 57.1 Å². The van der Waals surface area contributed by atoms with E-state index in [1.54, 1.807) is 0 Å². The minimum atomic E-state index is -0.789. The third kappa shape index (κ3) is 7.14. The molecule has 147 valence electrons. The molecule has 1 fully saturated rings. The summed E-state index contributed by atoms with van der Waals surface area (Å²) in [6, 6.07) is 7.82. The molecule has 0 atom stereocenters. The molecule has 0 spiro atoms. The first-order valence-electron chi connectivity index (χ1n) is 9.59. The van der Waals surface area contributed by atoms with Gasteiger partial charge in [-0.3, -0.25) is 4.79 Å². The Hall–Kier alpha value is -0.950. The molecule has 7 heteroatoms. The predicted molar refractivity (Wildman–Crippen MR) is 112 cm³/mol. The van der Waals surface area contributed by atoms with Crippen LogP contribution in [0.4, 0.5) is 0 Å². The van der Waals surface area contributed by atoms with Gasteiger partial charge in [0.2, 0.25) is 0 Å². The molecule has 28 heavy (non-hydrogen) atoms. The number of carbonyl (C=O) groups is 1. The van der Waals surface area contributed by atoms with Gasteiger partial charge >= 0.3 is 5.97 Å². The van der Waals surface area contributed by atoms with Crippen molar-refractivity contribution in [3.05, 3.63) is 47.2 Å². The molecule has 0 aliphatic heterocycles. The molecule has 1 aromatic carbocycles. The van der Waals surface area contributed by atoms with Gasteiger partial charge in [-0.1, -0.05) is 31.4 Å². The van der Waals surface area contributed by atoms with Crippen molar-refractivity contribution in [2.75, 3.05) is 12.4 Å². The molecule has 2 aromatic rings. The van der Waals surface area contributed by atoms with Gasteiger partial charge in [0, 0.05) is 47.6 Å². The van der Waals surface area contributed by atoms with Crippen molar-refractivity contribution in [1.82, 2.24) is 4.98 Å². The summed E-state index contributed by atoms with van der Waals surface area (Å²) in [5.41, 5.74) is 2.06. The van der Waals surface area contributed by atoms with Crippen LogP contribution in [0.2, 0.25) is 0 Å². The van der Waals surface area contributed by atoms with Gasteiger partial charge < -0.3 is 14.3 Å². The van der Waals surface area contributed by atoms with E-state index in [9.17, 15) is 4.79 Å². The van der Waals surface area contributed by atoms with E-state index in [-0.39, 0.29) is 35.3 Å². The number of benzene rings is 1. The molecule has 0 amide bonds. The zero-order chi connectivity index (χ0) is 19.1. The van der Waals surface area contributed by atoms with Crippen molar-refractivity contribution in [3.63, 3.8) is 0 Å². The first kappa shape index (κ1) is 23.3. The molecule has 1 N–H and O–H groups in total. The van der Waals surface area contributed by atoms with Crippen molar-refractivity contribution < 1.29 is 19.1 Å². The number of rotatable bonds is 9. The van der Waals surface area contributed by atoms with E-state index in [0.29, 0.717) is 18.3 Å². The summed E-state index contributed by atoms with van der Waals surface area (Å²) in [6.07, 6.45) is 6.95. The Kier molecular flexibility index (Phi) is 9.92. The van der Waals surface area contributed by atoms with Gasteiger partial charge in [0.25, 0.3) is 0 Å². The van der Waals surface area contributed by atoms with Gasteiger partial charge in [-0.05, 0) is 37.5 Å². The number of aliphatic carboxylic acids is 1. The molecule has 1 aliphatic rings. The van der Waals surface area contributed by atoms with Crippen molar-refractivity contribution in [1.29, 1.82) is 0 Å². The van der Waals surface area contributed by atoms with Crippen LogP contribution in [0.5, 0.6) is 5.75 Å². The monoisotopic (exact) mass is 412 g/mol. The van der Waals surface area contributed by atoms with Crippen LogP contribution in [0.25, 0.3) is 0 Å². The minimum Gasteiger partial charge on any atom is -0.493 e. The number of aryl methyl sites for hydroxylation is 1. The van der Waals surface area contributed by atoms with Crippen LogP contribution in [-0.2, 0) is 17.0 Å². The van der Waals surface area contributed by atoms with Crippen LogP contribution in [-0.4, -0.2) is 58.0 Å². The largest absolute Gasteiger partial charge is 0.493 e. The van der Waals surface area contributed by atoms with Crippen molar-refractivity contribution in [3.8, 4) is 5.75 Å². The third-order valence-corrected chi connectivity index (χ3v) is 5.85. The minimum absolute atomic E-state index is 0. The fourth-order valence-electron chi connectivity index (χ4n) is 3.45. The average molecular weight is 413 g/mol.